The number of β-lactam (4-membered cyclic amide) rings is 1. The second-order valence-corrected chi connectivity index (χ2v) is 5.16. The average molecular weight is 230 g/mol. The van der Waals surface area contributed by atoms with Crippen LogP contribution in [0.2, 0.25) is 0 Å². The van der Waals surface area contributed by atoms with Crippen molar-refractivity contribution < 1.29 is 4.79 Å². The van der Waals surface area contributed by atoms with E-state index in [9.17, 15) is 4.79 Å². The van der Waals surface area contributed by atoms with Gasteiger partial charge in [0.05, 0.1) is 5.54 Å². The van der Waals surface area contributed by atoms with Gasteiger partial charge >= 0.3 is 0 Å². The first kappa shape index (κ1) is 10.8. The summed E-state index contributed by atoms with van der Waals surface area (Å²) >= 11 is 0. The molecule has 3 heteroatoms. The Labute approximate surface area is 102 Å². The highest BCUT2D eigenvalue weighted by Gasteiger charge is 2.89. The minimum absolute atomic E-state index is 0.0467. The van der Waals surface area contributed by atoms with E-state index in [4.69, 9.17) is 5.73 Å². The number of fused-ring (bicyclic) bond motifs is 1. The van der Waals surface area contributed by atoms with Gasteiger partial charge in [-0.25, -0.2) is 0 Å². The third kappa shape index (κ3) is 0.879. The second-order valence-electron chi connectivity index (χ2n) is 5.16. The summed E-state index contributed by atoms with van der Waals surface area (Å²) in [5, 5.41) is 0. The maximum atomic E-state index is 12.4. The Morgan fingerprint density at radius 2 is 2.00 bits per heavy atom. The lowest BCUT2D eigenvalue weighted by Gasteiger charge is -2.44. The number of benzene rings is 1. The largest absolute Gasteiger partial charge is 0.335 e. The van der Waals surface area contributed by atoms with E-state index in [1.807, 2.05) is 30.0 Å². The van der Waals surface area contributed by atoms with Crippen LogP contribution in [0, 0.1) is 5.92 Å². The van der Waals surface area contributed by atoms with E-state index in [0.717, 1.165) is 12.1 Å². The van der Waals surface area contributed by atoms with E-state index in [0.29, 0.717) is 6.54 Å². The van der Waals surface area contributed by atoms with Gasteiger partial charge in [-0.05, 0) is 26.0 Å². The van der Waals surface area contributed by atoms with Crippen LogP contribution in [-0.2, 0) is 10.2 Å². The lowest BCUT2D eigenvalue weighted by Crippen LogP contribution is -2.61. The predicted molar refractivity (Wildman–Crippen MR) is 66.5 cm³/mol. The van der Waals surface area contributed by atoms with Crippen LogP contribution < -0.4 is 5.73 Å². The first-order chi connectivity index (χ1) is 8.15. The zero-order valence-electron chi connectivity index (χ0n) is 10.3. The number of nitrogens with zero attached hydrogens (tertiary/aromatic N) is 1. The average Bonchev–Trinajstić information content (AvgIpc) is 2.85. The van der Waals surface area contributed by atoms with Crippen LogP contribution in [0.3, 0.4) is 0 Å². The van der Waals surface area contributed by atoms with Crippen LogP contribution in [0.4, 0.5) is 0 Å². The molecule has 3 rings (SSSR count). The van der Waals surface area contributed by atoms with Gasteiger partial charge in [-0.3, -0.25) is 4.79 Å². The van der Waals surface area contributed by atoms with E-state index in [1.54, 1.807) is 0 Å². The summed E-state index contributed by atoms with van der Waals surface area (Å²) in [6.45, 7) is 5.56. The Hall–Kier alpha value is -1.35. The molecule has 0 bridgehead atoms. The number of nitrogens with two attached hydrogens (primary N) is 1. The van der Waals surface area contributed by atoms with Crippen LogP contribution in [0.5, 0.6) is 0 Å². The van der Waals surface area contributed by atoms with Crippen molar-refractivity contribution in [1.82, 2.24) is 4.90 Å². The summed E-state index contributed by atoms with van der Waals surface area (Å²) < 4.78 is 0. The monoisotopic (exact) mass is 230 g/mol. The van der Waals surface area contributed by atoms with Crippen molar-refractivity contribution in [1.29, 1.82) is 0 Å². The molecule has 1 heterocycles. The third-order valence-electron chi connectivity index (χ3n) is 4.84. The molecule has 2 aliphatic rings. The summed E-state index contributed by atoms with van der Waals surface area (Å²) in [5.41, 5.74) is 6.63. The Morgan fingerprint density at radius 1 is 1.35 bits per heavy atom. The molecule has 3 unspecified atom stereocenters. The fourth-order valence-electron chi connectivity index (χ4n) is 4.03. The van der Waals surface area contributed by atoms with Crippen molar-refractivity contribution in [3.05, 3.63) is 35.9 Å². The molecular formula is C14H18N2O. The van der Waals surface area contributed by atoms with Crippen molar-refractivity contribution in [2.45, 2.75) is 24.8 Å². The quantitative estimate of drug-likeness (QED) is 0.791. The van der Waals surface area contributed by atoms with Gasteiger partial charge in [0.25, 0.3) is 0 Å². The Balaban J connectivity index is 2.08. The number of likely N-dealkylation sites (tertiary alicyclic amines) is 1. The van der Waals surface area contributed by atoms with E-state index in [-0.39, 0.29) is 22.8 Å². The Kier molecular flexibility index (Phi) is 1.97. The molecule has 0 radical (unpaired) electrons. The molecule has 90 valence electrons. The van der Waals surface area contributed by atoms with Gasteiger partial charge in [0, 0.05) is 12.5 Å². The number of carbonyl (C=O) groups is 1. The molecule has 0 spiro atoms. The summed E-state index contributed by atoms with van der Waals surface area (Å²) in [7, 11) is 0. The maximum absolute atomic E-state index is 12.4. The van der Waals surface area contributed by atoms with Gasteiger partial charge in [-0.15, -0.1) is 0 Å². The molecule has 1 aromatic carbocycles. The highest BCUT2D eigenvalue weighted by atomic mass is 16.2. The van der Waals surface area contributed by atoms with E-state index in [1.165, 1.54) is 0 Å². The summed E-state index contributed by atoms with van der Waals surface area (Å²) in [5.74, 6) is 0.522. The predicted octanol–water partition coefficient (Wildman–Crippen LogP) is 1.13. The maximum Gasteiger partial charge on any atom is 0.236 e. The SMILES string of the molecule is CCN1C(=O)C2(c3ccccc3)C(CN)C12C. The number of hydrogen-bond donors (Lipinski definition) is 1. The molecule has 1 aliphatic carbocycles. The van der Waals surface area contributed by atoms with E-state index in [2.05, 4.69) is 19.1 Å². The lowest BCUT2D eigenvalue weighted by molar-refractivity contribution is -0.148. The van der Waals surface area contributed by atoms with Crippen LogP contribution in [-0.4, -0.2) is 29.4 Å². The van der Waals surface area contributed by atoms with Crippen LogP contribution >= 0.6 is 0 Å². The van der Waals surface area contributed by atoms with Gasteiger partial charge in [0.2, 0.25) is 5.91 Å². The standard InChI is InChI=1S/C14H18N2O/c1-3-16-12(17)14(10-7-5-4-6-8-10)11(9-15)13(14,16)2/h4-8,11H,3,9,15H2,1-2H3. The van der Waals surface area contributed by atoms with Gasteiger partial charge in [-0.1, -0.05) is 30.3 Å². The van der Waals surface area contributed by atoms with Crippen LogP contribution in [0.25, 0.3) is 0 Å². The van der Waals surface area contributed by atoms with Crippen molar-refractivity contribution in [3.8, 4) is 0 Å². The molecule has 1 saturated carbocycles. The molecule has 0 aromatic heterocycles. The molecule has 2 N–H and O–H groups in total. The molecule has 1 aromatic rings. The highest BCUT2D eigenvalue weighted by Crippen LogP contribution is 2.73. The molecule has 2 fully saturated rings. The van der Waals surface area contributed by atoms with Crippen molar-refractivity contribution in [2.24, 2.45) is 11.7 Å². The topological polar surface area (TPSA) is 46.3 Å². The summed E-state index contributed by atoms with van der Waals surface area (Å²) in [4.78, 5) is 14.4. The molecule has 3 atom stereocenters. The van der Waals surface area contributed by atoms with Gasteiger partial charge < -0.3 is 10.6 Å². The molecular weight excluding hydrogens is 212 g/mol. The zero-order chi connectivity index (χ0) is 12.3. The fraction of sp³-hybridized carbons (Fsp3) is 0.500. The number of rotatable bonds is 3. The Morgan fingerprint density at radius 3 is 2.53 bits per heavy atom. The molecule has 1 saturated heterocycles. The zero-order valence-corrected chi connectivity index (χ0v) is 10.3. The third-order valence-corrected chi connectivity index (χ3v) is 4.84. The van der Waals surface area contributed by atoms with Gasteiger partial charge in [-0.2, -0.15) is 0 Å². The van der Waals surface area contributed by atoms with Crippen molar-refractivity contribution in [3.63, 3.8) is 0 Å². The first-order valence-electron chi connectivity index (χ1n) is 6.23. The minimum Gasteiger partial charge on any atom is -0.335 e. The van der Waals surface area contributed by atoms with E-state index < -0.39 is 0 Å². The smallest absolute Gasteiger partial charge is 0.236 e. The van der Waals surface area contributed by atoms with Gasteiger partial charge in [0.1, 0.15) is 5.41 Å². The number of amides is 1. The summed E-state index contributed by atoms with van der Waals surface area (Å²) in [6.07, 6.45) is 0. The van der Waals surface area contributed by atoms with Crippen molar-refractivity contribution in [2.75, 3.05) is 13.1 Å². The van der Waals surface area contributed by atoms with Crippen molar-refractivity contribution >= 4 is 5.91 Å². The molecule has 3 nitrogen and oxygen atoms in total. The number of carbonyl (C=O) groups excluding carboxylic acids is 1. The van der Waals surface area contributed by atoms with Gasteiger partial charge in [0.15, 0.2) is 0 Å². The lowest BCUT2D eigenvalue weighted by atomic mass is 9.81. The van der Waals surface area contributed by atoms with Crippen LogP contribution in [0.1, 0.15) is 19.4 Å². The van der Waals surface area contributed by atoms with Crippen LogP contribution in [0.15, 0.2) is 30.3 Å². The highest BCUT2D eigenvalue weighted by molar-refractivity contribution is 6.04. The molecule has 1 aliphatic heterocycles. The number of hydrogen-bond acceptors (Lipinski definition) is 2. The molecule has 17 heavy (non-hydrogen) atoms. The minimum atomic E-state index is -0.320. The second kappa shape index (κ2) is 3.10. The first-order valence-corrected chi connectivity index (χ1v) is 6.23. The normalized spacial score (nSPS) is 38.6. The summed E-state index contributed by atoms with van der Waals surface area (Å²) in [6, 6.07) is 10.1. The van der Waals surface area contributed by atoms with E-state index >= 15 is 0 Å². The molecule has 1 amide bonds. The number of likely N-dealkylation sites (N-methyl/N-ethyl adjacent to an activating group) is 1. The fourth-order valence-corrected chi connectivity index (χ4v) is 4.03. The Bertz CT molecular complexity index is 472.